The zero-order valence-corrected chi connectivity index (χ0v) is 21.0. The van der Waals surface area contributed by atoms with Gasteiger partial charge in [-0.3, -0.25) is 33.3 Å². The van der Waals surface area contributed by atoms with Gasteiger partial charge >= 0.3 is 29.9 Å². The predicted octanol–water partition coefficient (Wildman–Crippen LogP) is -1.13. The minimum absolute atomic E-state index is 0.117. The monoisotopic (exact) mass is 525 g/mol. The van der Waals surface area contributed by atoms with Crippen LogP contribution in [0.4, 0.5) is 5.82 Å². The Morgan fingerprint density at radius 1 is 0.919 bits per heavy atom. The molecular formula is C22H27N3O12. The highest BCUT2D eigenvalue weighted by molar-refractivity contribution is 6.07. The standard InChI is InChI=1S/C22H27N3O12/c1-9(26)33-8-14-16(34-10(2)27)17(35-11(3)28)18(36-12(4)29)21(37-14)25-7-13(30)15-19(25)23-22(32-6)24(5)20(15)31/h14,16-18,21H,7-8H2,1-6H3. The van der Waals surface area contributed by atoms with Gasteiger partial charge in [0.2, 0.25) is 0 Å². The van der Waals surface area contributed by atoms with Crippen molar-refractivity contribution in [3.63, 3.8) is 0 Å². The molecule has 3 heterocycles. The largest absolute Gasteiger partial charge is 0.468 e. The molecule has 37 heavy (non-hydrogen) atoms. The summed E-state index contributed by atoms with van der Waals surface area (Å²) in [7, 11) is 2.66. The van der Waals surface area contributed by atoms with Crippen molar-refractivity contribution in [1.82, 2.24) is 9.55 Å². The Labute approximate surface area is 210 Å². The van der Waals surface area contributed by atoms with Crippen LogP contribution < -0.4 is 15.2 Å². The number of esters is 4. The lowest BCUT2D eigenvalue weighted by molar-refractivity contribution is -0.252. The predicted molar refractivity (Wildman–Crippen MR) is 120 cm³/mol. The second-order valence-corrected chi connectivity index (χ2v) is 8.30. The lowest BCUT2D eigenvalue weighted by Crippen LogP contribution is -2.66. The van der Waals surface area contributed by atoms with Crippen molar-refractivity contribution in [2.45, 2.75) is 58.3 Å². The van der Waals surface area contributed by atoms with E-state index in [2.05, 4.69) is 4.98 Å². The Bertz CT molecular complexity index is 1180. The summed E-state index contributed by atoms with van der Waals surface area (Å²) in [5, 5.41) is 0. The second-order valence-electron chi connectivity index (χ2n) is 8.30. The number of anilines is 1. The quantitative estimate of drug-likeness (QED) is 0.308. The Morgan fingerprint density at radius 2 is 1.49 bits per heavy atom. The number of methoxy groups -OCH3 is 1. The van der Waals surface area contributed by atoms with E-state index in [4.69, 9.17) is 28.4 Å². The lowest BCUT2D eigenvalue weighted by Gasteiger charge is -2.47. The van der Waals surface area contributed by atoms with Crippen LogP contribution in [0.15, 0.2) is 4.79 Å². The van der Waals surface area contributed by atoms with Crippen LogP contribution in [-0.4, -0.2) is 90.1 Å². The Hall–Kier alpha value is -4.01. The highest BCUT2D eigenvalue weighted by Crippen LogP contribution is 2.36. The summed E-state index contributed by atoms with van der Waals surface area (Å²) in [6.45, 7) is 3.56. The molecule has 3 rings (SSSR count). The third-order valence-electron chi connectivity index (χ3n) is 5.55. The molecule has 0 aliphatic carbocycles. The van der Waals surface area contributed by atoms with Crippen LogP contribution in [0.1, 0.15) is 38.1 Å². The van der Waals surface area contributed by atoms with E-state index in [0.29, 0.717) is 0 Å². The summed E-state index contributed by atoms with van der Waals surface area (Å²) >= 11 is 0. The molecular weight excluding hydrogens is 498 g/mol. The van der Waals surface area contributed by atoms with Gasteiger partial charge in [0.25, 0.3) is 5.56 Å². The molecule has 15 nitrogen and oxygen atoms in total. The number of hydrogen-bond donors (Lipinski definition) is 0. The molecule has 2 aliphatic heterocycles. The van der Waals surface area contributed by atoms with Crippen LogP contribution in [0.2, 0.25) is 0 Å². The summed E-state index contributed by atoms with van der Waals surface area (Å²) in [5.74, 6) is -3.79. The van der Waals surface area contributed by atoms with Crippen LogP contribution in [0.3, 0.4) is 0 Å². The third-order valence-corrected chi connectivity index (χ3v) is 5.55. The minimum atomic E-state index is -1.46. The molecule has 1 aromatic rings. The van der Waals surface area contributed by atoms with Gasteiger partial charge < -0.3 is 33.3 Å². The molecule has 1 aromatic heterocycles. The van der Waals surface area contributed by atoms with Crippen molar-refractivity contribution < 1.29 is 52.4 Å². The first-order valence-electron chi connectivity index (χ1n) is 11.1. The van der Waals surface area contributed by atoms with Gasteiger partial charge in [0.1, 0.15) is 18.3 Å². The first-order chi connectivity index (χ1) is 17.3. The van der Waals surface area contributed by atoms with Gasteiger partial charge in [-0.15, -0.1) is 0 Å². The SMILES string of the molecule is COc1nc2c(c(=O)n1C)C(=O)CN2C1OC(COC(C)=O)C(OC(C)=O)C(OC(C)=O)C1OC(C)=O. The maximum absolute atomic E-state index is 12.9. The molecule has 5 unspecified atom stereocenters. The van der Waals surface area contributed by atoms with Gasteiger partial charge in [0.15, 0.2) is 36.1 Å². The highest BCUT2D eigenvalue weighted by atomic mass is 16.7. The Kier molecular flexibility index (Phi) is 8.15. The van der Waals surface area contributed by atoms with Gasteiger partial charge in [-0.25, -0.2) is 0 Å². The van der Waals surface area contributed by atoms with E-state index in [1.165, 1.54) is 19.1 Å². The molecule has 1 saturated heterocycles. The number of ketones is 1. The number of carbonyl (C=O) groups is 5. The number of fused-ring (bicyclic) bond motifs is 1. The van der Waals surface area contributed by atoms with Gasteiger partial charge in [-0.2, -0.15) is 4.98 Å². The summed E-state index contributed by atoms with van der Waals surface area (Å²) in [6, 6.07) is -0.117. The minimum Gasteiger partial charge on any atom is -0.468 e. The van der Waals surface area contributed by atoms with Gasteiger partial charge in [-0.1, -0.05) is 0 Å². The van der Waals surface area contributed by atoms with E-state index in [1.807, 2.05) is 0 Å². The lowest BCUT2D eigenvalue weighted by atomic mass is 9.96. The van der Waals surface area contributed by atoms with E-state index in [9.17, 15) is 28.8 Å². The molecule has 0 spiro atoms. The number of nitrogens with zero attached hydrogens (tertiary/aromatic N) is 3. The first-order valence-corrected chi connectivity index (χ1v) is 11.1. The van der Waals surface area contributed by atoms with E-state index in [0.717, 1.165) is 32.3 Å². The molecule has 0 saturated carbocycles. The van der Waals surface area contributed by atoms with Crippen molar-refractivity contribution in [1.29, 1.82) is 0 Å². The normalized spacial score (nSPS) is 24.6. The van der Waals surface area contributed by atoms with E-state index in [-0.39, 0.29) is 17.4 Å². The smallest absolute Gasteiger partial charge is 0.303 e. The molecule has 0 N–H and O–H groups in total. The van der Waals surface area contributed by atoms with Crippen LogP contribution in [0.25, 0.3) is 0 Å². The van der Waals surface area contributed by atoms with Crippen LogP contribution >= 0.6 is 0 Å². The van der Waals surface area contributed by atoms with E-state index >= 15 is 0 Å². The topological polar surface area (TPSA) is 179 Å². The fourth-order valence-electron chi connectivity index (χ4n) is 4.18. The maximum atomic E-state index is 12.9. The average molecular weight is 525 g/mol. The zero-order valence-electron chi connectivity index (χ0n) is 21.0. The van der Waals surface area contributed by atoms with E-state index in [1.54, 1.807) is 0 Å². The average Bonchev–Trinajstić information content (AvgIpc) is 3.12. The third kappa shape index (κ3) is 5.71. The molecule has 1 fully saturated rings. The van der Waals surface area contributed by atoms with Gasteiger partial charge in [0, 0.05) is 34.7 Å². The van der Waals surface area contributed by atoms with Crippen molar-refractivity contribution >= 4 is 35.5 Å². The number of rotatable bonds is 7. The number of ether oxygens (including phenoxy) is 6. The number of Topliss-reactive ketones (excluding diaryl/α,β-unsaturated/α-hetero) is 1. The molecule has 0 amide bonds. The summed E-state index contributed by atoms with van der Waals surface area (Å²) in [5.41, 5.74) is -0.934. The molecule has 2 aliphatic rings. The Balaban J connectivity index is 2.17. The summed E-state index contributed by atoms with van der Waals surface area (Å²) in [6.07, 6.45) is -6.91. The Morgan fingerprint density at radius 3 is 2.03 bits per heavy atom. The number of carbonyl (C=O) groups excluding carboxylic acids is 5. The second kappa shape index (κ2) is 10.9. The van der Waals surface area contributed by atoms with Crippen LogP contribution in [0, 0.1) is 0 Å². The molecule has 15 heteroatoms. The number of hydrogen-bond acceptors (Lipinski definition) is 14. The van der Waals surface area contributed by atoms with Gasteiger partial charge in [0.05, 0.1) is 13.7 Å². The van der Waals surface area contributed by atoms with Gasteiger partial charge in [-0.05, 0) is 0 Å². The highest BCUT2D eigenvalue weighted by Gasteiger charge is 2.55. The summed E-state index contributed by atoms with van der Waals surface area (Å²) in [4.78, 5) is 78.7. The fourth-order valence-corrected chi connectivity index (χ4v) is 4.18. The molecule has 0 radical (unpaired) electrons. The fraction of sp³-hybridized carbons (Fsp3) is 0.591. The zero-order chi connectivity index (χ0) is 27.6. The van der Waals surface area contributed by atoms with Crippen LogP contribution in [0.5, 0.6) is 6.01 Å². The summed E-state index contributed by atoms with van der Waals surface area (Å²) < 4.78 is 33.5. The maximum Gasteiger partial charge on any atom is 0.303 e. The van der Waals surface area contributed by atoms with Crippen LogP contribution in [-0.2, 0) is 49.9 Å². The molecule has 0 aromatic carbocycles. The number of aromatic nitrogens is 2. The van der Waals surface area contributed by atoms with Crippen molar-refractivity contribution in [3.8, 4) is 6.01 Å². The van der Waals surface area contributed by atoms with Crippen molar-refractivity contribution in [2.24, 2.45) is 7.05 Å². The molecule has 202 valence electrons. The van der Waals surface area contributed by atoms with Crippen molar-refractivity contribution in [3.05, 3.63) is 15.9 Å². The first kappa shape index (κ1) is 27.6. The van der Waals surface area contributed by atoms with Crippen molar-refractivity contribution in [2.75, 3.05) is 25.2 Å². The molecule has 0 bridgehead atoms. The molecule has 5 atom stereocenters. The van der Waals surface area contributed by atoms with E-state index < -0.39 is 79.0 Å².